The number of sulfonamides is 1. The van der Waals surface area contributed by atoms with E-state index in [-0.39, 0.29) is 31.5 Å². The van der Waals surface area contributed by atoms with Crippen LogP contribution in [0.25, 0.3) is 0 Å². The van der Waals surface area contributed by atoms with Crippen LogP contribution in [0.1, 0.15) is 31.9 Å². The lowest BCUT2D eigenvalue weighted by atomic mass is 10.1. The molecule has 2 aromatic carbocycles. The van der Waals surface area contributed by atoms with Crippen LogP contribution in [-0.4, -0.2) is 54.8 Å². The van der Waals surface area contributed by atoms with Gasteiger partial charge in [0, 0.05) is 19.6 Å². The molecule has 0 spiro atoms. The van der Waals surface area contributed by atoms with E-state index >= 15 is 0 Å². The van der Waals surface area contributed by atoms with Crippen LogP contribution in [0.2, 0.25) is 0 Å². The number of amides is 2. The summed E-state index contributed by atoms with van der Waals surface area (Å²) in [4.78, 5) is 27.5. The van der Waals surface area contributed by atoms with Crippen molar-refractivity contribution in [2.24, 2.45) is 5.92 Å². The quantitative estimate of drug-likeness (QED) is 0.560. The molecule has 2 amide bonds. The van der Waals surface area contributed by atoms with Gasteiger partial charge in [-0.3, -0.25) is 9.59 Å². The number of carbonyl (C=O) groups is 2. The fourth-order valence-corrected chi connectivity index (χ4v) is 3.86. The second kappa shape index (κ2) is 11.8. The Hall–Kier alpha value is -2.71. The van der Waals surface area contributed by atoms with Crippen molar-refractivity contribution in [1.82, 2.24) is 14.5 Å². The van der Waals surface area contributed by atoms with E-state index in [1.54, 1.807) is 6.92 Å². The zero-order chi connectivity index (χ0) is 23.7. The summed E-state index contributed by atoms with van der Waals surface area (Å²) in [5.41, 5.74) is 1.64. The van der Waals surface area contributed by atoms with Crippen molar-refractivity contribution >= 4 is 21.8 Å². The Morgan fingerprint density at radius 3 is 1.84 bits per heavy atom. The molecule has 0 aliphatic rings. The van der Waals surface area contributed by atoms with Gasteiger partial charge < -0.3 is 10.2 Å². The molecular weight excluding hydrogens is 426 g/mol. The molecule has 174 valence electrons. The second-order valence-electron chi connectivity index (χ2n) is 8.34. The third-order valence-electron chi connectivity index (χ3n) is 5.03. The van der Waals surface area contributed by atoms with Crippen LogP contribution < -0.4 is 5.32 Å². The highest BCUT2D eigenvalue weighted by molar-refractivity contribution is 7.88. The lowest BCUT2D eigenvalue weighted by molar-refractivity contribution is -0.140. The van der Waals surface area contributed by atoms with Crippen molar-refractivity contribution in [2.45, 2.75) is 39.9 Å². The average Bonchev–Trinajstić information content (AvgIpc) is 2.75. The van der Waals surface area contributed by atoms with Crippen LogP contribution in [0.5, 0.6) is 0 Å². The maximum Gasteiger partial charge on any atom is 0.242 e. The first-order valence-corrected chi connectivity index (χ1v) is 12.5. The zero-order valence-electron chi connectivity index (χ0n) is 19.2. The summed E-state index contributed by atoms with van der Waals surface area (Å²) in [5, 5.41) is 2.86. The fourth-order valence-electron chi connectivity index (χ4n) is 3.13. The third kappa shape index (κ3) is 8.09. The van der Waals surface area contributed by atoms with E-state index in [0.717, 1.165) is 21.7 Å². The molecule has 0 aliphatic carbocycles. The van der Waals surface area contributed by atoms with E-state index in [9.17, 15) is 18.0 Å². The summed E-state index contributed by atoms with van der Waals surface area (Å²) in [7, 11) is -3.65. The molecule has 2 aromatic rings. The van der Waals surface area contributed by atoms with Gasteiger partial charge in [-0.25, -0.2) is 8.42 Å². The van der Waals surface area contributed by atoms with Gasteiger partial charge in [-0.15, -0.1) is 0 Å². The fraction of sp³-hybridized carbons (Fsp3) is 0.417. The Balaban J connectivity index is 2.25. The first-order valence-electron chi connectivity index (χ1n) is 10.7. The van der Waals surface area contributed by atoms with E-state index < -0.39 is 22.0 Å². The molecule has 1 N–H and O–H groups in total. The van der Waals surface area contributed by atoms with Crippen molar-refractivity contribution in [2.75, 3.05) is 19.3 Å². The van der Waals surface area contributed by atoms with Gasteiger partial charge in [-0.05, 0) is 24.0 Å². The molecule has 0 fully saturated rings. The number of nitrogens with one attached hydrogen (secondary N) is 1. The molecule has 0 unspecified atom stereocenters. The van der Waals surface area contributed by atoms with Gasteiger partial charge in [0.05, 0.1) is 12.8 Å². The molecule has 0 radical (unpaired) electrons. The Morgan fingerprint density at radius 2 is 1.38 bits per heavy atom. The minimum Gasteiger partial charge on any atom is -0.354 e. The van der Waals surface area contributed by atoms with Gasteiger partial charge in [-0.2, -0.15) is 4.31 Å². The van der Waals surface area contributed by atoms with Crippen LogP contribution in [0.15, 0.2) is 60.7 Å². The maximum atomic E-state index is 13.3. The van der Waals surface area contributed by atoms with E-state index in [0.29, 0.717) is 6.54 Å². The number of rotatable bonds is 11. The van der Waals surface area contributed by atoms with Gasteiger partial charge in [0.25, 0.3) is 0 Å². The Labute approximate surface area is 191 Å². The van der Waals surface area contributed by atoms with Crippen molar-refractivity contribution in [1.29, 1.82) is 0 Å². The van der Waals surface area contributed by atoms with Crippen molar-refractivity contribution in [3.05, 3.63) is 71.8 Å². The van der Waals surface area contributed by atoms with Crippen LogP contribution in [0.3, 0.4) is 0 Å². The highest BCUT2D eigenvalue weighted by atomic mass is 32.2. The van der Waals surface area contributed by atoms with Gasteiger partial charge in [0.1, 0.15) is 6.04 Å². The molecule has 2 rings (SSSR count). The Morgan fingerprint density at radius 1 is 0.875 bits per heavy atom. The van der Waals surface area contributed by atoms with E-state index in [1.165, 1.54) is 4.90 Å². The zero-order valence-corrected chi connectivity index (χ0v) is 20.0. The molecule has 0 saturated heterocycles. The SMILES string of the molecule is CC(C)CNC(=O)[C@@H](C)N(Cc1ccccc1)C(=O)CN(Cc1ccccc1)S(C)(=O)=O. The molecule has 1 atom stereocenters. The smallest absolute Gasteiger partial charge is 0.242 e. The first-order chi connectivity index (χ1) is 15.1. The van der Waals surface area contributed by atoms with Crippen molar-refractivity contribution in [3.63, 3.8) is 0 Å². The lowest BCUT2D eigenvalue weighted by Gasteiger charge is -2.31. The summed E-state index contributed by atoms with van der Waals surface area (Å²) in [6, 6.07) is 17.7. The number of benzene rings is 2. The van der Waals surface area contributed by atoms with Gasteiger partial charge in [0.2, 0.25) is 21.8 Å². The van der Waals surface area contributed by atoms with Crippen LogP contribution in [0, 0.1) is 5.92 Å². The molecule has 7 nitrogen and oxygen atoms in total. The summed E-state index contributed by atoms with van der Waals surface area (Å²) in [6.45, 7) is 6.09. The molecule has 0 bridgehead atoms. The summed E-state index contributed by atoms with van der Waals surface area (Å²) < 4.78 is 26.0. The lowest BCUT2D eigenvalue weighted by Crippen LogP contribution is -2.51. The number of hydrogen-bond donors (Lipinski definition) is 1. The van der Waals surface area contributed by atoms with Crippen LogP contribution in [0.4, 0.5) is 0 Å². The minimum absolute atomic E-state index is 0.0819. The molecular formula is C24H33N3O4S. The summed E-state index contributed by atoms with van der Waals surface area (Å²) in [5.74, 6) is -0.421. The van der Waals surface area contributed by atoms with Crippen molar-refractivity contribution in [3.8, 4) is 0 Å². The largest absolute Gasteiger partial charge is 0.354 e. The molecule has 32 heavy (non-hydrogen) atoms. The first kappa shape index (κ1) is 25.5. The summed E-state index contributed by atoms with van der Waals surface area (Å²) in [6.07, 6.45) is 1.09. The normalized spacial score (nSPS) is 12.6. The van der Waals surface area contributed by atoms with E-state index in [1.807, 2.05) is 74.5 Å². The third-order valence-corrected chi connectivity index (χ3v) is 6.23. The topological polar surface area (TPSA) is 86.8 Å². The predicted octanol–water partition coefficient (Wildman–Crippen LogP) is 2.64. The number of nitrogens with zero attached hydrogens (tertiary/aromatic N) is 2. The Kier molecular flexibility index (Phi) is 9.41. The van der Waals surface area contributed by atoms with Crippen LogP contribution >= 0.6 is 0 Å². The monoisotopic (exact) mass is 459 g/mol. The average molecular weight is 460 g/mol. The minimum atomic E-state index is -3.65. The second-order valence-corrected chi connectivity index (χ2v) is 10.3. The molecule has 0 aliphatic heterocycles. The number of hydrogen-bond acceptors (Lipinski definition) is 4. The standard InChI is InChI=1S/C24H33N3O4S/c1-19(2)15-25-24(29)20(3)27(17-22-13-9-6-10-14-22)23(28)18-26(32(4,30)31)16-21-11-7-5-8-12-21/h5-14,19-20H,15-18H2,1-4H3,(H,25,29)/t20-/m1/s1. The molecule has 0 heterocycles. The molecule has 8 heteroatoms. The van der Waals surface area contributed by atoms with Crippen molar-refractivity contribution < 1.29 is 18.0 Å². The molecule has 0 aromatic heterocycles. The highest BCUT2D eigenvalue weighted by Crippen LogP contribution is 2.13. The van der Waals surface area contributed by atoms with E-state index in [4.69, 9.17) is 0 Å². The number of carbonyl (C=O) groups excluding carboxylic acids is 2. The van der Waals surface area contributed by atoms with Gasteiger partial charge in [0.15, 0.2) is 0 Å². The van der Waals surface area contributed by atoms with Gasteiger partial charge >= 0.3 is 0 Å². The maximum absolute atomic E-state index is 13.3. The molecule has 0 saturated carbocycles. The summed E-state index contributed by atoms with van der Waals surface area (Å²) >= 11 is 0. The van der Waals surface area contributed by atoms with E-state index in [2.05, 4.69) is 5.32 Å². The predicted molar refractivity (Wildman–Crippen MR) is 126 cm³/mol. The Bertz CT molecular complexity index is 979. The van der Waals surface area contributed by atoms with Gasteiger partial charge in [-0.1, -0.05) is 74.5 Å². The highest BCUT2D eigenvalue weighted by Gasteiger charge is 2.29. The van der Waals surface area contributed by atoms with Crippen LogP contribution in [-0.2, 0) is 32.7 Å².